The molecule has 6 nitrogen and oxygen atoms in total. The molecule has 0 unspecified atom stereocenters. The standard InChI is InChI=1S/C17H22N4O2/c1-5-7-9-14-16-13(19-20(4)17(16)23)10-15(22)21(14)11-12(18-3)8-6-2/h6,8,10,19H,2-3,5,7,9,11H2,1,4H3/b12-8-. The Labute approximate surface area is 134 Å². The van der Waals surface area contributed by atoms with Gasteiger partial charge in [0.25, 0.3) is 11.1 Å². The van der Waals surface area contributed by atoms with E-state index in [1.54, 1.807) is 23.8 Å². The van der Waals surface area contributed by atoms with Crippen molar-refractivity contribution < 1.29 is 0 Å². The Hall–Kier alpha value is -2.63. The van der Waals surface area contributed by atoms with Crippen molar-refractivity contribution >= 4 is 17.6 Å². The third-order valence-electron chi connectivity index (χ3n) is 3.82. The van der Waals surface area contributed by atoms with Crippen molar-refractivity contribution in [3.8, 4) is 0 Å². The first-order chi connectivity index (χ1) is 11.0. The van der Waals surface area contributed by atoms with Gasteiger partial charge in [-0.3, -0.25) is 24.4 Å². The van der Waals surface area contributed by atoms with Crippen molar-refractivity contribution in [2.45, 2.75) is 32.7 Å². The fourth-order valence-electron chi connectivity index (χ4n) is 2.65. The number of fused-ring (bicyclic) bond motifs is 1. The Bertz CT molecular complexity index is 880. The first kappa shape index (κ1) is 16.7. The van der Waals surface area contributed by atoms with Crippen LogP contribution < -0.4 is 11.1 Å². The SMILES string of the molecule is C=C/C=C(/Cn1c(CCCC)c2c(=O)n(C)[nH]c2cc1=O)N=C. The molecule has 0 aliphatic heterocycles. The average Bonchev–Trinajstić information content (AvgIpc) is 2.80. The van der Waals surface area contributed by atoms with E-state index in [1.165, 1.54) is 10.7 Å². The molecule has 6 heteroatoms. The number of nitrogens with one attached hydrogen (secondary N) is 1. The predicted molar refractivity (Wildman–Crippen MR) is 94.2 cm³/mol. The molecule has 0 atom stereocenters. The van der Waals surface area contributed by atoms with Crippen molar-refractivity contribution in [3.05, 3.63) is 56.9 Å². The van der Waals surface area contributed by atoms with Gasteiger partial charge in [-0.05, 0) is 25.6 Å². The van der Waals surface area contributed by atoms with Gasteiger partial charge in [0.15, 0.2) is 0 Å². The average molecular weight is 314 g/mol. The van der Waals surface area contributed by atoms with Crippen LogP contribution in [-0.2, 0) is 20.0 Å². The number of pyridine rings is 1. The second-order valence-corrected chi connectivity index (χ2v) is 5.44. The van der Waals surface area contributed by atoms with E-state index in [2.05, 4.69) is 30.3 Å². The Morgan fingerprint density at radius 1 is 1.43 bits per heavy atom. The molecule has 1 N–H and O–H groups in total. The van der Waals surface area contributed by atoms with E-state index in [0.29, 0.717) is 23.0 Å². The van der Waals surface area contributed by atoms with Gasteiger partial charge in [0.2, 0.25) is 0 Å². The number of nitrogens with zero attached hydrogens (tertiary/aromatic N) is 3. The molecule has 0 aliphatic rings. The van der Waals surface area contributed by atoms with Crippen LogP contribution in [0.3, 0.4) is 0 Å². The van der Waals surface area contributed by atoms with E-state index < -0.39 is 0 Å². The molecule has 0 aromatic carbocycles. The van der Waals surface area contributed by atoms with Crippen molar-refractivity contribution in [1.29, 1.82) is 0 Å². The summed E-state index contributed by atoms with van der Waals surface area (Å²) in [7, 11) is 1.65. The minimum Gasteiger partial charge on any atom is -0.306 e. The van der Waals surface area contributed by atoms with Gasteiger partial charge in [0.1, 0.15) is 0 Å². The number of H-pyrrole nitrogens is 1. The molecule has 0 saturated heterocycles. The van der Waals surface area contributed by atoms with Crippen molar-refractivity contribution in [2.75, 3.05) is 0 Å². The number of rotatable bonds is 7. The molecule has 0 fully saturated rings. The monoisotopic (exact) mass is 314 g/mol. The Balaban J connectivity index is 2.73. The summed E-state index contributed by atoms with van der Waals surface area (Å²) in [5, 5.41) is 3.50. The summed E-state index contributed by atoms with van der Waals surface area (Å²) in [6.45, 7) is 9.52. The van der Waals surface area contributed by atoms with Crippen LogP contribution in [0.15, 0.2) is 45.1 Å². The van der Waals surface area contributed by atoms with E-state index in [9.17, 15) is 9.59 Å². The molecular weight excluding hydrogens is 292 g/mol. The topological polar surface area (TPSA) is 72.2 Å². The van der Waals surface area contributed by atoms with Gasteiger partial charge in [-0.1, -0.05) is 26.0 Å². The van der Waals surface area contributed by atoms with Crippen molar-refractivity contribution in [3.63, 3.8) is 0 Å². The lowest BCUT2D eigenvalue weighted by Gasteiger charge is -2.13. The van der Waals surface area contributed by atoms with Crippen molar-refractivity contribution in [1.82, 2.24) is 14.3 Å². The normalized spacial score (nSPS) is 11.8. The van der Waals surface area contributed by atoms with E-state index in [0.717, 1.165) is 18.5 Å². The maximum atomic E-state index is 12.5. The third-order valence-corrected chi connectivity index (χ3v) is 3.82. The second kappa shape index (κ2) is 7.09. The number of aryl methyl sites for hydroxylation is 2. The molecule has 2 rings (SSSR count). The maximum absolute atomic E-state index is 12.5. The molecule has 2 aromatic rings. The minimum atomic E-state index is -0.163. The Morgan fingerprint density at radius 2 is 2.17 bits per heavy atom. The molecule has 2 aromatic heterocycles. The molecular formula is C17H22N4O2. The molecule has 0 bridgehead atoms. The van der Waals surface area contributed by atoms with Crippen LogP contribution in [0, 0.1) is 0 Å². The highest BCUT2D eigenvalue weighted by Gasteiger charge is 2.16. The fourth-order valence-corrected chi connectivity index (χ4v) is 2.65. The van der Waals surface area contributed by atoms with E-state index in [1.807, 2.05) is 0 Å². The number of hydrogen-bond acceptors (Lipinski definition) is 3. The van der Waals surface area contributed by atoms with Crippen molar-refractivity contribution in [2.24, 2.45) is 12.0 Å². The number of aromatic amines is 1. The zero-order chi connectivity index (χ0) is 17.0. The van der Waals surface area contributed by atoms with Crippen LogP contribution >= 0.6 is 0 Å². The highest BCUT2D eigenvalue weighted by atomic mass is 16.1. The smallest absolute Gasteiger partial charge is 0.275 e. The van der Waals surface area contributed by atoms with E-state index >= 15 is 0 Å². The number of allylic oxidation sites excluding steroid dienone is 3. The van der Waals surface area contributed by atoms with Gasteiger partial charge in [-0.15, -0.1) is 0 Å². The molecule has 0 amide bonds. The van der Waals surface area contributed by atoms with Gasteiger partial charge in [-0.25, -0.2) is 0 Å². The largest absolute Gasteiger partial charge is 0.306 e. The second-order valence-electron chi connectivity index (χ2n) is 5.44. The first-order valence-corrected chi connectivity index (χ1v) is 7.63. The lowest BCUT2D eigenvalue weighted by molar-refractivity contribution is 0.666. The van der Waals surface area contributed by atoms with Gasteiger partial charge in [0.05, 0.1) is 23.1 Å². The highest BCUT2D eigenvalue weighted by Crippen LogP contribution is 2.16. The zero-order valence-corrected chi connectivity index (χ0v) is 13.6. The number of hydrogen-bond donors (Lipinski definition) is 1. The molecule has 0 radical (unpaired) electrons. The Kier molecular flexibility index (Phi) is 5.16. The summed E-state index contributed by atoms with van der Waals surface area (Å²) in [6.07, 6.45) is 5.85. The van der Waals surface area contributed by atoms with E-state index in [4.69, 9.17) is 0 Å². The third kappa shape index (κ3) is 3.26. The summed E-state index contributed by atoms with van der Waals surface area (Å²) >= 11 is 0. The zero-order valence-electron chi connectivity index (χ0n) is 13.6. The quantitative estimate of drug-likeness (QED) is 0.628. The summed E-state index contributed by atoms with van der Waals surface area (Å²) in [5.41, 5.74) is 1.66. The van der Waals surface area contributed by atoms with Crippen LogP contribution in [0.1, 0.15) is 25.5 Å². The minimum absolute atomic E-state index is 0.124. The van der Waals surface area contributed by atoms with Crippen LogP contribution in [0.5, 0.6) is 0 Å². The van der Waals surface area contributed by atoms with Crippen LogP contribution in [0.25, 0.3) is 10.9 Å². The fraction of sp³-hybridized carbons (Fsp3) is 0.353. The Morgan fingerprint density at radius 3 is 2.78 bits per heavy atom. The summed E-state index contributed by atoms with van der Waals surface area (Å²) < 4.78 is 3.01. The van der Waals surface area contributed by atoms with Crippen LogP contribution in [0.2, 0.25) is 0 Å². The lowest BCUT2D eigenvalue weighted by atomic mass is 10.1. The van der Waals surface area contributed by atoms with Crippen LogP contribution in [-0.4, -0.2) is 21.1 Å². The molecule has 23 heavy (non-hydrogen) atoms. The molecule has 0 aliphatic carbocycles. The van der Waals surface area contributed by atoms with Gasteiger partial charge < -0.3 is 4.57 Å². The first-order valence-electron chi connectivity index (χ1n) is 7.63. The lowest BCUT2D eigenvalue weighted by Crippen LogP contribution is -2.25. The highest BCUT2D eigenvalue weighted by molar-refractivity contribution is 5.80. The number of unbranched alkanes of at least 4 members (excludes halogenated alkanes) is 1. The summed E-state index contributed by atoms with van der Waals surface area (Å²) in [6, 6.07) is 1.46. The number of aliphatic imine (C=N–C) groups is 1. The number of aromatic nitrogens is 3. The molecule has 2 heterocycles. The van der Waals surface area contributed by atoms with Gasteiger partial charge in [-0.2, -0.15) is 0 Å². The molecule has 122 valence electrons. The summed E-state index contributed by atoms with van der Waals surface area (Å²) in [5.74, 6) is 0. The molecule has 0 spiro atoms. The maximum Gasteiger partial charge on any atom is 0.275 e. The summed E-state index contributed by atoms with van der Waals surface area (Å²) in [4.78, 5) is 28.8. The predicted octanol–water partition coefficient (Wildman–Crippen LogP) is 2.14. The van der Waals surface area contributed by atoms with Gasteiger partial charge in [0, 0.05) is 18.8 Å². The van der Waals surface area contributed by atoms with Gasteiger partial charge >= 0.3 is 0 Å². The van der Waals surface area contributed by atoms with Crippen LogP contribution in [0.4, 0.5) is 0 Å². The van der Waals surface area contributed by atoms with E-state index in [-0.39, 0.29) is 17.7 Å². The molecule has 0 saturated carbocycles.